The van der Waals surface area contributed by atoms with Crippen molar-refractivity contribution in [3.63, 3.8) is 0 Å². The highest BCUT2D eigenvalue weighted by atomic mass is 15.1. The van der Waals surface area contributed by atoms with Crippen LogP contribution in [0.3, 0.4) is 0 Å². The van der Waals surface area contributed by atoms with Crippen LogP contribution in [0.5, 0.6) is 0 Å². The molecule has 3 saturated carbocycles. The van der Waals surface area contributed by atoms with E-state index in [1.807, 2.05) is 0 Å². The first-order valence-electron chi connectivity index (χ1n) is 20.4. The maximum atomic E-state index is 2.51. The van der Waals surface area contributed by atoms with Crippen molar-refractivity contribution >= 4 is 17.1 Å². The smallest absolute Gasteiger partial charge is 0.0465 e. The summed E-state index contributed by atoms with van der Waals surface area (Å²) in [5, 5.41) is 0. The number of anilines is 3. The molecular formula is C52H51N. The maximum absolute atomic E-state index is 2.51. The third kappa shape index (κ3) is 5.84. The predicted octanol–water partition coefficient (Wildman–Crippen LogP) is 14.7. The average Bonchev–Trinajstić information content (AvgIpc) is 3.92. The van der Waals surface area contributed by atoms with Crippen LogP contribution in [0.2, 0.25) is 0 Å². The van der Waals surface area contributed by atoms with Crippen LogP contribution >= 0.6 is 0 Å². The van der Waals surface area contributed by atoms with E-state index >= 15 is 0 Å². The Hall–Kier alpha value is -4.88. The van der Waals surface area contributed by atoms with Gasteiger partial charge < -0.3 is 4.90 Å². The Bertz CT molecular complexity index is 2240. The first kappa shape index (κ1) is 32.7. The van der Waals surface area contributed by atoms with Crippen molar-refractivity contribution in [3.05, 3.63) is 162 Å². The van der Waals surface area contributed by atoms with Crippen LogP contribution in [0.15, 0.2) is 140 Å². The normalized spacial score (nSPS) is 21.4. The Balaban J connectivity index is 1.01. The molecule has 10 rings (SSSR count). The molecule has 0 heterocycles. The average molecular weight is 690 g/mol. The highest BCUT2D eigenvalue weighted by Gasteiger charge is 2.40. The number of hydrogen-bond acceptors (Lipinski definition) is 1. The van der Waals surface area contributed by atoms with E-state index in [1.165, 1.54) is 125 Å². The number of fused-ring (bicyclic) bond motifs is 5. The van der Waals surface area contributed by atoms with E-state index in [2.05, 4.69) is 158 Å². The van der Waals surface area contributed by atoms with Gasteiger partial charge in [-0.3, -0.25) is 0 Å². The third-order valence-corrected chi connectivity index (χ3v) is 13.8. The largest absolute Gasteiger partial charge is 0.310 e. The second kappa shape index (κ2) is 13.2. The molecule has 0 radical (unpaired) electrons. The van der Waals surface area contributed by atoms with Gasteiger partial charge in [0.2, 0.25) is 0 Å². The van der Waals surface area contributed by atoms with E-state index in [0.29, 0.717) is 5.92 Å². The highest BCUT2D eigenvalue weighted by molar-refractivity contribution is 5.88. The zero-order valence-corrected chi connectivity index (χ0v) is 31.4. The number of benzene rings is 6. The molecule has 1 heteroatoms. The van der Waals surface area contributed by atoms with Crippen molar-refractivity contribution in [2.45, 2.75) is 88.9 Å². The van der Waals surface area contributed by atoms with Crippen molar-refractivity contribution < 1.29 is 0 Å². The second-order valence-corrected chi connectivity index (χ2v) is 17.2. The van der Waals surface area contributed by atoms with Gasteiger partial charge in [0.05, 0.1) is 0 Å². The first-order valence-corrected chi connectivity index (χ1v) is 20.4. The minimum absolute atomic E-state index is 0.0987. The lowest BCUT2D eigenvalue weighted by Crippen LogP contribution is -2.16. The number of nitrogens with zero attached hydrogens (tertiary/aromatic N) is 1. The lowest BCUT2D eigenvalue weighted by atomic mass is 9.82. The van der Waals surface area contributed by atoms with Gasteiger partial charge in [0.15, 0.2) is 0 Å². The monoisotopic (exact) mass is 689 g/mol. The molecule has 3 atom stereocenters. The van der Waals surface area contributed by atoms with Gasteiger partial charge in [-0.25, -0.2) is 0 Å². The SMILES string of the molecule is CC1(C)c2ccc(-c3ccc(-c4ccccc4)cc3)cc2-c2ccc(N(c3ccc(C4CCCCC4)cc3)c3ccc(C4CC5CCC4C5)cc3)cc21. The zero-order chi connectivity index (χ0) is 35.5. The summed E-state index contributed by atoms with van der Waals surface area (Å²) in [7, 11) is 0. The fraction of sp³-hybridized carbons (Fsp3) is 0.308. The highest BCUT2D eigenvalue weighted by Crippen LogP contribution is 2.54. The summed E-state index contributed by atoms with van der Waals surface area (Å²) in [5.74, 6) is 3.30. The third-order valence-electron chi connectivity index (χ3n) is 13.8. The predicted molar refractivity (Wildman–Crippen MR) is 224 cm³/mol. The molecule has 53 heavy (non-hydrogen) atoms. The van der Waals surface area contributed by atoms with E-state index in [0.717, 1.165) is 17.8 Å². The summed E-state index contributed by atoms with van der Waals surface area (Å²) >= 11 is 0. The lowest BCUT2D eigenvalue weighted by Gasteiger charge is -2.29. The Morgan fingerprint density at radius 1 is 0.472 bits per heavy atom. The lowest BCUT2D eigenvalue weighted by molar-refractivity contribution is 0.420. The van der Waals surface area contributed by atoms with Gasteiger partial charge in [-0.1, -0.05) is 137 Å². The molecule has 0 amide bonds. The Kier molecular flexibility index (Phi) is 8.16. The van der Waals surface area contributed by atoms with Crippen LogP contribution < -0.4 is 4.90 Å². The summed E-state index contributed by atoms with van der Waals surface area (Å²) < 4.78 is 0. The Labute approximate surface area is 316 Å². The van der Waals surface area contributed by atoms with Crippen molar-refractivity contribution in [2.24, 2.45) is 11.8 Å². The van der Waals surface area contributed by atoms with Crippen LogP contribution in [0.25, 0.3) is 33.4 Å². The van der Waals surface area contributed by atoms with Crippen LogP contribution in [0.4, 0.5) is 17.1 Å². The maximum Gasteiger partial charge on any atom is 0.0465 e. The molecule has 0 saturated heterocycles. The first-order chi connectivity index (χ1) is 26.0. The molecule has 3 fully saturated rings. The minimum Gasteiger partial charge on any atom is -0.310 e. The molecule has 6 aromatic carbocycles. The minimum atomic E-state index is -0.0987. The van der Waals surface area contributed by atoms with Crippen LogP contribution in [-0.4, -0.2) is 0 Å². The molecule has 4 aliphatic carbocycles. The van der Waals surface area contributed by atoms with Gasteiger partial charge >= 0.3 is 0 Å². The number of rotatable bonds is 7. The van der Waals surface area contributed by atoms with E-state index < -0.39 is 0 Å². The van der Waals surface area contributed by atoms with Gasteiger partial charge in [-0.2, -0.15) is 0 Å². The topological polar surface area (TPSA) is 3.24 Å². The molecule has 2 bridgehead atoms. The fourth-order valence-electron chi connectivity index (χ4n) is 10.8. The summed E-state index contributed by atoms with van der Waals surface area (Å²) in [6.45, 7) is 4.81. The fourth-order valence-corrected chi connectivity index (χ4v) is 10.8. The van der Waals surface area contributed by atoms with E-state index in [4.69, 9.17) is 0 Å². The molecule has 0 N–H and O–H groups in total. The zero-order valence-electron chi connectivity index (χ0n) is 31.4. The van der Waals surface area contributed by atoms with Gasteiger partial charge in [0.25, 0.3) is 0 Å². The van der Waals surface area contributed by atoms with E-state index in [1.54, 1.807) is 5.56 Å². The quantitative estimate of drug-likeness (QED) is 0.161. The van der Waals surface area contributed by atoms with Gasteiger partial charge in [0.1, 0.15) is 0 Å². The van der Waals surface area contributed by atoms with Crippen molar-refractivity contribution in [2.75, 3.05) is 4.90 Å². The summed E-state index contributed by atoms with van der Waals surface area (Å²) in [6, 6.07) is 53.4. The molecule has 4 aliphatic rings. The number of hydrogen-bond donors (Lipinski definition) is 0. The molecule has 0 aliphatic heterocycles. The van der Waals surface area contributed by atoms with Crippen LogP contribution in [0.1, 0.15) is 106 Å². The molecule has 264 valence electrons. The van der Waals surface area contributed by atoms with Crippen LogP contribution in [0, 0.1) is 11.8 Å². The van der Waals surface area contributed by atoms with E-state index in [-0.39, 0.29) is 5.41 Å². The summed E-state index contributed by atoms with van der Waals surface area (Å²) in [6.07, 6.45) is 12.5. The Morgan fingerprint density at radius 2 is 1.09 bits per heavy atom. The molecule has 6 aromatic rings. The molecule has 0 aromatic heterocycles. The molecule has 3 unspecified atom stereocenters. The molecular weight excluding hydrogens is 639 g/mol. The van der Waals surface area contributed by atoms with Gasteiger partial charge in [0, 0.05) is 22.5 Å². The van der Waals surface area contributed by atoms with Crippen molar-refractivity contribution in [1.82, 2.24) is 0 Å². The molecule has 0 spiro atoms. The summed E-state index contributed by atoms with van der Waals surface area (Å²) in [5.41, 5.74) is 17.3. The summed E-state index contributed by atoms with van der Waals surface area (Å²) in [4.78, 5) is 2.51. The second-order valence-electron chi connectivity index (χ2n) is 17.2. The molecule has 1 nitrogen and oxygen atoms in total. The Morgan fingerprint density at radius 3 is 1.75 bits per heavy atom. The van der Waals surface area contributed by atoms with Gasteiger partial charge in [-0.15, -0.1) is 0 Å². The van der Waals surface area contributed by atoms with Crippen molar-refractivity contribution in [3.8, 4) is 33.4 Å². The van der Waals surface area contributed by atoms with Crippen LogP contribution in [-0.2, 0) is 5.41 Å². The van der Waals surface area contributed by atoms with Gasteiger partial charge in [-0.05, 0) is 154 Å². The standard InChI is InChI=1S/C52H51N/c1-52(2)50-30-23-42(40-17-15-38(16-18-40)36-9-5-3-6-10-36)33-49(50)47-29-28-46(34-51(47)52)53(44-24-19-39(20-25-44)37-11-7-4-8-12-37)45-26-21-41(22-27-45)48-32-35-13-14-43(48)31-35/h3,5-6,9-10,15-30,33-35,37,43,48H,4,7-8,11-14,31-32H2,1-2H3. The van der Waals surface area contributed by atoms with E-state index in [9.17, 15) is 0 Å². The van der Waals surface area contributed by atoms with Crippen molar-refractivity contribution in [1.29, 1.82) is 0 Å².